The summed E-state index contributed by atoms with van der Waals surface area (Å²) in [6, 6.07) is 46.8. The number of aromatic nitrogens is 5. The highest BCUT2D eigenvalue weighted by Gasteiger charge is 2.23. The molecule has 5 heteroatoms. The van der Waals surface area contributed by atoms with E-state index in [4.69, 9.17) is 21.8 Å². The van der Waals surface area contributed by atoms with E-state index in [1.165, 1.54) is 0 Å². The molecule has 0 aliphatic carbocycles. The molecule has 3 aromatic heterocycles. The van der Waals surface area contributed by atoms with Crippen LogP contribution in [-0.2, 0) is 0 Å². The molecule has 0 aliphatic heterocycles. The van der Waals surface area contributed by atoms with Crippen LogP contribution in [0.5, 0.6) is 0 Å². The number of para-hydroxylation sites is 3. The van der Waals surface area contributed by atoms with E-state index in [1.807, 2.05) is 54.6 Å². The number of benzene rings is 7. The fraction of sp³-hybridized carbons (Fsp3) is 0. The molecule has 0 saturated carbocycles. The number of hydrogen-bond acceptors (Lipinski definition) is 3. The van der Waals surface area contributed by atoms with Crippen molar-refractivity contribution in [3.63, 3.8) is 0 Å². The van der Waals surface area contributed by atoms with Gasteiger partial charge >= 0.3 is 0 Å². The standard InChI is InChI=1S/C45H29N5/c1-4-14-30(15-5-1)31-24-26-33(27-25-31)44-46-43(32-16-6-2-7-17-32)47-45(48-44)50-38-22-12-10-20-35(38)36-28-29-40-41(42(36)50)37-21-11-13-23-39(37)49(40)34-18-8-3-9-19-34/h1-29H/i1D,4D,5D,14D,15D. The van der Waals surface area contributed by atoms with E-state index in [1.54, 1.807) is 12.1 Å². The molecule has 0 amide bonds. The van der Waals surface area contributed by atoms with E-state index in [9.17, 15) is 0 Å². The molecular formula is C45H29N5. The molecule has 234 valence electrons. The molecule has 10 aromatic rings. The zero-order chi connectivity index (χ0) is 37.4. The van der Waals surface area contributed by atoms with E-state index >= 15 is 0 Å². The maximum absolute atomic E-state index is 8.50. The Bertz CT molecular complexity index is 3110. The SMILES string of the molecule is [2H]c1c([2H])c([2H])c(-c2ccc(-c3nc(-c4ccccc4)nc(-n4c5ccccc5c5ccc6c(c7ccccc7n6-c6ccccc6)c54)n3)cc2)c([2H])c1[2H]. The minimum Gasteiger partial charge on any atom is -0.309 e. The summed E-state index contributed by atoms with van der Waals surface area (Å²) in [7, 11) is 0. The molecule has 0 N–H and O–H groups in total. The van der Waals surface area contributed by atoms with Crippen LogP contribution in [0.25, 0.3) is 89.2 Å². The molecule has 3 heterocycles. The van der Waals surface area contributed by atoms with Crippen LogP contribution >= 0.6 is 0 Å². The van der Waals surface area contributed by atoms with Gasteiger partial charge in [-0.1, -0.05) is 145 Å². The first-order chi connectivity index (χ1) is 26.9. The molecule has 0 fully saturated rings. The van der Waals surface area contributed by atoms with Gasteiger partial charge in [0.05, 0.1) is 28.9 Å². The molecule has 0 atom stereocenters. The second-order valence-corrected chi connectivity index (χ2v) is 12.1. The molecule has 5 nitrogen and oxygen atoms in total. The zero-order valence-corrected chi connectivity index (χ0v) is 26.6. The van der Waals surface area contributed by atoms with E-state index in [2.05, 4.69) is 88.0 Å². The quantitative estimate of drug-likeness (QED) is 0.187. The second kappa shape index (κ2) is 11.4. The summed E-state index contributed by atoms with van der Waals surface area (Å²) in [6.45, 7) is 0. The van der Waals surface area contributed by atoms with Crippen molar-refractivity contribution < 1.29 is 6.85 Å². The predicted octanol–water partition coefficient (Wildman–Crippen LogP) is 11.1. The third-order valence-electron chi connectivity index (χ3n) is 9.27. The Morgan fingerprint density at radius 2 is 0.980 bits per heavy atom. The van der Waals surface area contributed by atoms with Crippen molar-refractivity contribution in [1.29, 1.82) is 0 Å². The highest BCUT2D eigenvalue weighted by atomic mass is 15.2. The smallest absolute Gasteiger partial charge is 0.238 e. The average Bonchev–Trinajstić information content (AvgIpc) is 3.76. The van der Waals surface area contributed by atoms with Gasteiger partial charge < -0.3 is 4.57 Å². The van der Waals surface area contributed by atoms with E-state index < -0.39 is 6.04 Å². The number of rotatable bonds is 5. The van der Waals surface area contributed by atoms with E-state index in [-0.39, 0.29) is 29.7 Å². The molecule has 7 aromatic carbocycles. The molecular weight excluding hydrogens is 611 g/mol. The number of fused-ring (bicyclic) bond motifs is 7. The van der Waals surface area contributed by atoms with E-state index in [0.717, 1.165) is 54.9 Å². The molecule has 0 radical (unpaired) electrons. The summed E-state index contributed by atoms with van der Waals surface area (Å²) in [5, 5.41) is 4.34. The van der Waals surface area contributed by atoms with Crippen molar-refractivity contribution in [2.24, 2.45) is 0 Å². The van der Waals surface area contributed by atoms with Gasteiger partial charge in [0.2, 0.25) is 5.95 Å². The third kappa shape index (κ3) is 4.45. The Morgan fingerprint density at radius 3 is 1.70 bits per heavy atom. The lowest BCUT2D eigenvalue weighted by Gasteiger charge is -2.12. The molecule has 0 aliphatic rings. The first-order valence-corrected chi connectivity index (χ1v) is 16.4. The summed E-state index contributed by atoms with van der Waals surface area (Å²) >= 11 is 0. The first-order valence-electron chi connectivity index (χ1n) is 18.9. The van der Waals surface area contributed by atoms with Gasteiger partial charge in [-0.15, -0.1) is 0 Å². The highest BCUT2D eigenvalue weighted by Crippen LogP contribution is 2.41. The van der Waals surface area contributed by atoms with Crippen LogP contribution in [-0.4, -0.2) is 24.1 Å². The predicted molar refractivity (Wildman–Crippen MR) is 205 cm³/mol. The average molecular weight is 645 g/mol. The van der Waals surface area contributed by atoms with Crippen molar-refractivity contribution in [2.45, 2.75) is 0 Å². The summed E-state index contributed by atoms with van der Waals surface area (Å²) < 4.78 is 45.8. The van der Waals surface area contributed by atoms with Crippen LogP contribution in [0, 0.1) is 0 Å². The van der Waals surface area contributed by atoms with Gasteiger partial charge in [-0.3, -0.25) is 4.57 Å². The van der Waals surface area contributed by atoms with Crippen LogP contribution in [0.2, 0.25) is 0 Å². The first kappa shape index (κ1) is 23.5. The maximum atomic E-state index is 8.50. The van der Waals surface area contributed by atoms with Crippen molar-refractivity contribution in [3.05, 3.63) is 176 Å². The van der Waals surface area contributed by atoms with Gasteiger partial charge in [-0.25, -0.2) is 4.98 Å². The molecule has 10 rings (SSSR count). The van der Waals surface area contributed by atoms with Crippen molar-refractivity contribution in [3.8, 4) is 45.5 Å². The maximum Gasteiger partial charge on any atom is 0.238 e. The summed E-state index contributed by atoms with van der Waals surface area (Å²) in [6.07, 6.45) is 0. The topological polar surface area (TPSA) is 48.5 Å². The Kier molecular flexibility index (Phi) is 5.35. The summed E-state index contributed by atoms with van der Waals surface area (Å²) in [5.41, 5.74) is 7.31. The minimum atomic E-state index is -0.423. The monoisotopic (exact) mass is 644 g/mol. The Labute approximate surface area is 295 Å². The Balaban J connectivity index is 1.25. The molecule has 0 spiro atoms. The van der Waals surface area contributed by atoms with Crippen LogP contribution in [0.1, 0.15) is 6.85 Å². The third-order valence-corrected chi connectivity index (χ3v) is 9.27. The number of nitrogens with zero attached hydrogens (tertiary/aromatic N) is 5. The zero-order valence-electron chi connectivity index (χ0n) is 31.6. The fourth-order valence-corrected chi connectivity index (χ4v) is 7.06. The van der Waals surface area contributed by atoms with Crippen LogP contribution in [0.3, 0.4) is 0 Å². The van der Waals surface area contributed by atoms with Crippen LogP contribution in [0.15, 0.2) is 176 Å². The van der Waals surface area contributed by atoms with Crippen LogP contribution in [0.4, 0.5) is 0 Å². The number of hydrogen-bond donors (Lipinski definition) is 0. The van der Waals surface area contributed by atoms with Gasteiger partial charge in [0, 0.05) is 38.4 Å². The lowest BCUT2D eigenvalue weighted by Crippen LogP contribution is -2.06. The molecule has 0 unspecified atom stereocenters. The molecule has 50 heavy (non-hydrogen) atoms. The van der Waals surface area contributed by atoms with Gasteiger partial charge in [-0.2, -0.15) is 9.97 Å². The van der Waals surface area contributed by atoms with Gasteiger partial charge in [-0.05, 0) is 41.5 Å². The Morgan fingerprint density at radius 1 is 0.400 bits per heavy atom. The van der Waals surface area contributed by atoms with Crippen LogP contribution < -0.4 is 0 Å². The Hall–Kier alpha value is -6.85. The highest BCUT2D eigenvalue weighted by molar-refractivity contribution is 6.26. The minimum absolute atomic E-state index is 0.142. The van der Waals surface area contributed by atoms with Gasteiger partial charge in [0.15, 0.2) is 11.6 Å². The lowest BCUT2D eigenvalue weighted by atomic mass is 10.0. The lowest BCUT2D eigenvalue weighted by molar-refractivity contribution is 0.955. The molecule has 0 bridgehead atoms. The normalized spacial score (nSPS) is 13.0. The van der Waals surface area contributed by atoms with Gasteiger partial charge in [0.1, 0.15) is 0 Å². The van der Waals surface area contributed by atoms with Crippen molar-refractivity contribution >= 4 is 43.6 Å². The largest absolute Gasteiger partial charge is 0.309 e. The summed E-state index contributed by atoms with van der Waals surface area (Å²) in [5.74, 6) is 1.38. The van der Waals surface area contributed by atoms with E-state index in [0.29, 0.717) is 28.7 Å². The van der Waals surface area contributed by atoms with Crippen molar-refractivity contribution in [2.75, 3.05) is 0 Å². The second-order valence-electron chi connectivity index (χ2n) is 12.1. The van der Waals surface area contributed by atoms with Crippen molar-refractivity contribution in [1.82, 2.24) is 24.1 Å². The fourth-order valence-electron chi connectivity index (χ4n) is 7.06. The molecule has 0 saturated heterocycles. The van der Waals surface area contributed by atoms with Gasteiger partial charge in [0.25, 0.3) is 0 Å². The summed E-state index contributed by atoms with van der Waals surface area (Å²) in [4.78, 5) is 15.3.